The molecule has 1 aliphatic carbocycles. The van der Waals surface area contributed by atoms with Crippen LogP contribution in [0.1, 0.15) is 43.9 Å². The van der Waals surface area contributed by atoms with E-state index >= 15 is 0 Å². The van der Waals surface area contributed by atoms with E-state index in [1.54, 1.807) is 28.4 Å². The lowest BCUT2D eigenvalue weighted by Crippen LogP contribution is -2.24. The van der Waals surface area contributed by atoms with Crippen LogP contribution in [0.5, 0.6) is 23.0 Å². The van der Waals surface area contributed by atoms with Crippen molar-refractivity contribution in [1.82, 2.24) is 0 Å². The minimum Gasteiger partial charge on any atom is -0.497 e. The lowest BCUT2D eigenvalue weighted by molar-refractivity contribution is 0.414. The molecule has 320 valence electrons. The first-order valence-corrected chi connectivity index (χ1v) is 21.7. The van der Waals surface area contributed by atoms with Crippen LogP contribution in [0.2, 0.25) is 0 Å². The van der Waals surface area contributed by atoms with Gasteiger partial charge in [-0.1, -0.05) is 93.6 Å². The van der Waals surface area contributed by atoms with Gasteiger partial charge in [0.05, 0.1) is 39.8 Å². The van der Waals surface area contributed by atoms with E-state index in [0.29, 0.717) is 0 Å². The molecule has 0 fully saturated rings. The Hall–Kier alpha value is -7.44. The van der Waals surface area contributed by atoms with Crippen LogP contribution in [0, 0.1) is 0 Å². The maximum absolute atomic E-state index is 5.62. The van der Waals surface area contributed by atoms with Crippen molar-refractivity contribution >= 4 is 34.1 Å². The lowest BCUT2D eigenvalue weighted by Gasteiger charge is -2.33. The van der Waals surface area contributed by atoms with Gasteiger partial charge in [0.1, 0.15) is 23.0 Å². The van der Waals surface area contributed by atoms with Crippen molar-refractivity contribution in [3.63, 3.8) is 0 Å². The molecule has 1 atom stereocenters. The van der Waals surface area contributed by atoms with E-state index in [9.17, 15) is 0 Å². The molecule has 0 amide bonds. The van der Waals surface area contributed by atoms with Crippen LogP contribution in [0.4, 0.5) is 34.1 Å². The fourth-order valence-electron chi connectivity index (χ4n) is 9.67. The monoisotopic (exact) mass is 842 g/mol. The predicted molar refractivity (Wildman–Crippen MR) is 263 cm³/mol. The molecule has 8 aromatic rings. The number of hydrogen-bond donors (Lipinski definition) is 0. The van der Waals surface area contributed by atoms with Crippen molar-refractivity contribution in [3.8, 4) is 45.3 Å². The normalized spacial score (nSPS) is 14.9. The van der Waals surface area contributed by atoms with Gasteiger partial charge in [0.15, 0.2) is 0 Å². The topological polar surface area (TPSA) is 43.4 Å². The maximum Gasteiger partial charge on any atom is 0.119 e. The number of rotatable bonds is 13. The molecule has 8 aromatic carbocycles. The fourth-order valence-corrected chi connectivity index (χ4v) is 9.67. The Morgan fingerprint density at radius 3 is 1.14 bits per heavy atom. The highest BCUT2D eigenvalue weighted by Gasteiger charge is 2.47. The van der Waals surface area contributed by atoms with Crippen LogP contribution < -0.4 is 28.7 Å². The molecular formula is C58H54N2O4. The van der Waals surface area contributed by atoms with Crippen molar-refractivity contribution in [3.05, 3.63) is 205 Å². The molecule has 1 aliphatic rings. The summed E-state index contributed by atoms with van der Waals surface area (Å²) in [4.78, 5) is 4.72. The van der Waals surface area contributed by atoms with Crippen molar-refractivity contribution < 1.29 is 18.9 Å². The second-order valence-corrected chi connectivity index (χ2v) is 17.2. The standard InChI is InChI=1S/C58H54N2O4/c1-57(2)39-58(3,42-18-35-51(40-14-10-8-11-15-40)55(36-42)59(43-19-27-47(61-4)28-20-43)44-21-29-48(62-5)30-22-44)54-37-52(41-16-12-9-13-17-41)56(38-53(54)57)60(45-23-31-49(63-6)32-24-45)46-25-33-50(64-7)34-26-46/h8-38H,39H2,1-7H3. The summed E-state index contributed by atoms with van der Waals surface area (Å²) in [5.41, 5.74) is 14.2. The summed E-state index contributed by atoms with van der Waals surface area (Å²) < 4.78 is 22.5. The van der Waals surface area contributed by atoms with Crippen LogP contribution in [-0.4, -0.2) is 28.4 Å². The van der Waals surface area contributed by atoms with Crippen molar-refractivity contribution in [2.45, 2.75) is 38.0 Å². The summed E-state index contributed by atoms with van der Waals surface area (Å²) in [6.45, 7) is 7.23. The van der Waals surface area contributed by atoms with Crippen LogP contribution in [-0.2, 0) is 10.8 Å². The number of benzene rings is 8. The van der Waals surface area contributed by atoms with E-state index in [-0.39, 0.29) is 10.8 Å². The third-order valence-electron chi connectivity index (χ3n) is 12.9. The van der Waals surface area contributed by atoms with Gasteiger partial charge in [0.25, 0.3) is 0 Å². The van der Waals surface area contributed by atoms with Crippen LogP contribution in [0.15, 0.2) is 188 Å². The van der Waals surface area contributed by atoms with Gasteiger partial charge < -0.3 is 28.7 Å². The van der Waals surface area contributed by atoms with Gasteiger partial charge in [-0.25, -0.2) is 0 Å². The second-order valence-electron chi connectivity index (χ2n) is 17.2. The summed E-state index contributed by atoms with van der Waals surface area (Å²) in [6.07, 6.45) is 0.910. The third kappa shape index (κ3) is 7.81. The maximum atomic E-state index is 5.62. The number of fused-ring (bicyclic) bond motifs is 1. The lowest BCUT2D eigenvalue weighted by atomic mass is 9.74. The zero-order chi connectivity index (χ0) is 44.4. The highest BCUT2D eigenvalue weighted by Crippen LogP contribution is 2.57. The molecule has 0 aliphatic heterocycles. The Bertz CT molecular complexity index is 2760. The smallest absolute Gasteiger partial charge is 0.119 e. The molecule has 64 heavy (non-hydrogen) atoms. The van der Waals surface area contributed by atoms with Crippen LogP contribution >= 0.6 is 0 Å². The number of ether oxygens (including phenoxy) is 4. The number of anilines is 6. The van der Waals surface area contributed by atoms with E-state index in [0.717, 1.165) is 85.8 Å². The molecule has 0 bridgehead atoms. The van der Waals surface area contributed by atoms with Crippen LogP contribution in [0.25, 0.3) is 22.3 Å². The summed E-state index contributed by atoms with van der Waals surface area (Å²) in [6, 6.07) is 66.8. The van der Waals surface area contributed by atoms with E-state index in [1.165, 1.54) is 16.7 Å². The minimum absolute atomic E-state index is 0.177. The quantitative estimate of drug-likeness (QED) is 0.115. The van der Waals surface area contributed by atoms with Crippen molar-refractivity contribution in [2.75, 3.05) is 38.2 Å². The van der Waals surface area contributed by atoms with Gasteiger partial charge in [-0.3, -0.25) is 0 Å². The molecule has 1 unspecified atom stereocenters. The van der Waals surface area contributed by atoms with Crippen molar-refractivity contribution in [1.29, 1.82) is 0 Å². The average molecular weight is 843 g/mol. The Morgan fingerprint density at radius 1 is 0.375 bits per heavy atom. The van der Waals surface area contributed by atoms with Gasteiger partial charge in [-0.15, -0.1) is 0 Å². The molecule has 6 heteroatoms. The molecule has 9 rings (SSSR count). The van der Waals surface area contributed by atoms with Gasteiger partial charge >= 0.3 is 0 Å². The summed E-state index contributed by atoms with van der Waals surface area (Å²) in [5, 5.41) is 0. The van der Waals surface area contributed by atoms with Gasteiger partial charge in [0.2, 0.25) is 0 Å². The van der Waals surface area contributed by atoms with Gasteiger partial charge in [-0.05, 0) is 155 Å². The molecule has 0 N–H and O–H groups in total. The Labute approximate surface area is 377 Å². The summed E-state index contributed by atoms with van der Waals surface area (Å²) in [5.74, 6) is 3.23. The zero-order valence-corrected chi connectivity index (χ0v) is 37.6. The third-order valence-corrected chi connectivity index (χ3v) is 12.9. The van der Waals surface area contributed by atoms with E-state index in [2.05, 4.69) is 170 Å². The Balaban J connectivity index is 1.28. The minimum atomic E-state index is -0.360. The SMILES string of the molecule is COc1ccc(N(c2ccc(OC)cc2)c2cc(C3(C)CC(C)(C)c4cc(N(c5ccc(OC)cc5)c5ccc(OC)cc5)c(-c5ccccc5)cc43)ccc2-c2ccccc2)cc1. The Morgan fingerprint density at radius 2 is 0.750 bits per heavy atom. The molecule has 0 saturated carbocycles. The average Bonchev–Trinajstić information content (AvgIpc) is 3.56. The van der Waals surface area contributed by atoms with Gasteiger partial charge in [-0.2, -0.15) is 0 Å². The number of methoxy groups -OCH3 is 4. The molecule has 6 nitrogen and oxygen atoms in total. The largest absolute Gasteiger partial charge is 0.497 e. The second kappa shape index (κ2) is 17.4. The Kier molecular flexibility index (Phi) is 11.4. The zero-order valence-electron chi connectivity index (χ0n) is 37.6. The highest BCUT2D eigenvalue weighted by molar-refractivity contribution is 5.91. The summed E-state index contributed by atoms with van der Waals surface area (Å²) in [7, 11) is 6.82. The number of nitrogens with zero attached hydrogens (tertiary/aromatic N) is 2. The van der Waals surface area contributed by atoms with E-state index in [4.69, 9.17) is 18.9 Å². The van der Waals surface area contributed by atoms with Crippen LogP contribution in [0.3, 0.4) is 0 Å². The fraction of sp³-hybridized carbons (Fsp3) is 0.172. The van der Waals surface area contributed by atoms with E-state index < -0.39 is 0 Å². The number of hydrogen-bond acceptors (Lipinski definition) is 6. The molecule has 0 radical (unpaired) electrons. The first-order valence-electron chi connectivity index (χ1n) is 21.7. The van der Waals surface area contributed by atoms with Gasteiger partial charge in [0, 0.05) is 39.3 Å². The molecule has 0 heterocycles. The van der Waals surface area contributed by atoms with Crippen molar-refractivity contribution in [2.24, 2.45) is 0 Å². The first-order chi connectivity index (χ1) is 31.1. The summed E-state index contributed by atoms with van der Waals surface area (Å²) >= 11 is 0. The molecule has 0 aromatic heterocycles. The first kappa shape index (κ1) is 41.9. The molecule has 0 saturated heterocycles. The predicted octanol–water partition coefficient (Wildman–Crippen LogP) is 15.0. The van der Waals surface area contributed by atoms with E-state index in [1.807, 2.05) is 48.5 Å². The molecular weight excluding hydrogens is 789 g/mol. The highest BCUT2D eigenvalue weighted by atomic mass is 16.5. The molecule has 0 spiro atoms.